The molecule has 2 aliphatic heterocycles. The van der Waals surface area contributed by atoms with Crippen molar-refractivity contribution in [2.45, 2.75) is 44.7 Å². The average molecular weight is 604 g/mol. The predicted molar refractivity (Wildman–Crippen MR) is 164 cm³/mol. The summed E-state index contributed by atoms with van der Waals surface area (Å²) in [4.78, 5) is 34.9. The third-order valence-electron chi connectivity index (χ3n) is 8.04. The molecule has 0 bridgehead atoms. The van der Waals surface area contributed by atoms with Gasteiger partial charge in [-0.3, -0.25) is 14.6 Å². The van der Waals surface area contributed by atoms with Crippen molar-refractivity contribution < 1.29 is 9.59 Å². The Bertz CT molecular complexity index is 1240. The molecule has 1 unspecified atom stereocenters. The summed E-state index contributed by atoms with van der Waals surface area (Å²) in [5.74, 6) is 0.292. The first-order valence-corrected chi connectivity index (χ1v) is 13.9. The number of amides is 2. The summed E-state index contributed by atoms with van der Waals surface area (Å²) < 4.78 is 0. The van der Waals surface area contributed by atoms with E-state index in [1.807, 2.05) is 65.7 Å². The Hall–Kier alpha value is -2.64. The van der Waals surface area contributed by atoms with Crippen molar-refractivity contribution in [3.8, 4) is 0 Å². The minimum absolute atomic E-state index is 0. The van der Waals surface area contributed by atoms with Crippen LogP contribution in [0.3, 0.4) is 0 Å². The van der Waals surface area contributed by atoms with Crippen LogP contribution in [0, 0.1) is 5.41 Å². The molecule has 0 radical (unpaired) electrons. The van der Waals surface area contributed by atoms with Crippen molar-refractivity contribution in [1.82, 2.24) is 20.1 Å². The number of likely N-dealkylation sites (tertiary alicyclic amines) is 2. The lowest BCUT2D eigenvalue weighted by molar-refractivity contribution is -0.139. The number of pyridine rings is 1. The summed E-state index contributed by atoms with van der Waals surface area (Å²) in [7, 11) is 0. The van der Waals surface area contributed by atoms with E-state index in [-0.39, 0.29) is 42.2 Å². The van der Waals surface area contributed by atoms with Crippen LogP contribution in [0.15, 0.2) is 79.1 Å². The number of halogens is 3. The van der Waals surface area contributed by atoms with Crippen molar-refractivity contribution in [1.29, 1.82) is 0 Å². The van der Waals surface area contributed by atoms with Crippen molar-refractivity contribution in [2.24, 2.45) is 5.41 Å². The number of nitrogens with one attached hydrogen (secondary N) is 1. The maximum atomic E-state index is 13.4. The molecular weight excluding hydrogens is 567 g/mol. The second-order valence-corrected chi connectivity index (χ2v) is 11.0. The van der Waals surface area contributed by atoms with Gasteiger partial charge in [0, 0.05) is 37.1 Å². The van der Waals surface area contributed by atoms with Crippen LogP contribution in [-0.4, -0.2) is 52.8 Å². The van der Waals surface area contributed by atoms with Gasteiger partial charge < -0.3 is 15.1 Å². The molecule has 3 aromatic rings. The number of piperidine rings is 1. The Balaban J connectivity index is 0.00000220. The smallest absolute Gasteiger partial charge is 0.229 e. The lowest BCUT2D eigenvalue weighted by Gasteiger charge is -2.38. The van der Waals surface area contributed by atoms with Crippen LogP contribution in [-0.2, 0) is 22.6 Å². The van der Waals surface area contributed by atoms with Crippen LogP contribution in [0.25, 0.3) is 0 Å². The highest BCUT2D eigenvalue weighted by molar-refractivity contribution is 6.30. The first kappa shape index (κ1) is 31.9. The summed E-state index contributed by atoms with van der Waals surface area (Å²) >= 11 is 6.10. The number of aromatic nitrogens is 1. The molecule has 1 N–H and O–H groups in total. The number of nitrogens with zero attached hydrogens (tertiary/aromatic N) is 3. The van der Waals surface area contributed by atoms with Gasteiger partial charge in [0.1, 0.15) is 0 Å². The zero-order valence-corrected chi connectivity index (χ0v) is 24.9. The van der Waals surface area contributed by atoms with E-state index in [9.17, 15) is 9.59 Å². The van der Waals surface area contributed by atoms with Gasteiger partial charge in [-0.1, -0.05) is 60.1 Å². The average Bonchev–Trinajstić information content (AvgIpc) is 3.23. The Labute approximate surface area is 254 Å². The van der Waals surface area contributed by atoms with Crippen LogP contribution in [0.1, 0.15) is 48.4 Å². The van der Waals surface area contributed by atoms with Crippen molar-refractivity contribution in [3.63, 3.8) is 0 Å². The van der Waals surface area contributed by atoms with Crippen molar-refractivity contribution >= 4 is 48.2 Å². The molecule has 1 aromatic heterocycles. The summed E-state index contributed by atoms with van der Waals surface area (Å²) in [5.41, 5.74) is 2.88. The van der Waals surface area contributed by atoms with Crippen LogP contribution >= 0.6 is 36.4 Å². The maximum absolute atomic E-state index is 13.4. The second kappa shape index (κ2) is 14.8. The maximum Gasteiger partial charge on any atom is 0.229 e. The highest BCUT2D eigenvalue weighted by Gasteiger charge is 2.47. The fraction of sp³-hybridized carbons (Fsp3) is 0.387. The van der Waals surface area contributed by atoms with Gasteiger partial charge in [-0.05, 0) is 73.7 Å². The number of hydrogen-bond donors (Lipinski definition) is 1. The van der Waals surface area contributed by atoms with Crippen LogP contribution in [0.4, 0.5) is 0 Å². The van der Waals surface area contributed by atoms with Crippen LogP contribution < -0.4 is 5.32 Å². The highest BCUT2D eigenvalue weighted by atomic mass is 35.5. The summed E-state index contributed by atoms with van der Waals surface area (Å²) in [5, 5.41) is 3.89. The van der Waals surface area contributed by atoms with Gasteiger partial charge in [0.25, 0.3) is 0 Å². The fourth-order valence-electron chi connectivity index (χ4n) is 5.82. The molecule has 2 fully saturated rings. The van der Waals surface area contributed by atoms with E-state index in [1.54, 1.807) is 6.20 Å². The topological polar surface area (TPSA) is 65.5 Å². The van der Waals surface area contributed by atoms with E-state index >= 15 is 0 Å². The lowest BCUT2D eigenvalue weighted by Crippen LogP contribution is -2.45. The highest BCUT2D eigenvalue weighted by Crippen LogP contribution is 2.42. The Morgan fingerprint density at radius 1 is 0.950 bits per heavy atom. The minimum atomic E-state index is -0.220. The number of carbonyl (C=O) groups is 2. The number of benzene rings is 2. The zero-order chi connectivity index (χ0) is 26.4. The summed E-state index contributed by atoms with van der Waals surface area (Å²) in [6.07, 6.45) is 7.45. The molecule has 5 rings (SSSR count). The summed E-state index contributed by atoms with van der Waals surface area (Å²) in [6.45, 7) is 4.16. The van der Waals surface area contributed by atoms with Gasteiger partial charge in [-0.15, -0.1) is 24.8 Å². The number of rotatable bonds is 9. The van der Waals surface area contributed by atoms with Crippen LogP contribution in [0.5, 0.6) is 0 Å². The van der Waals surface area contributed by atoms with E-state index in [2.05, 4.69) is 27.3 Å². The van der Waals surface area contributed by atoms with Gasteiger partial charge in [0.2, 0.25) is 11.8 Å². The first-order valence-electron chi connectivity index (χ1n) is 13.5. The molecule has 2 aromatic carbocycles. The van der Waals surface area contributed by atoms with Gasteiger partial charge in [0.15, 0.2) is 0 Å². The van der Waals surface area contributed by atoms with Gasteiger partial charge >= 0.3 is 0 Å². The Morgan fingerprint density at radius 3 is 2.38 bits per heavy atom. The molecule has 3 heterocycles. The van der Waals surface area contributed by atoms with E-state index in [1.165, 1.54) is 0 Å². The predicted octanol–water partition coefficient (Wildman–Crippen LogP) is 5.88. The molecule has 214 valence electrons. The molecule has 1 spiro atoms. The quantitative estimate of drug-likeness (QED) is 0.332. The molecule has 6 nitrogen and oxygen atoms in total. The normalized spacial score (nSPS) is 17.1. The van der Waals surface area contributed by atoms with Crippen molar-refractivity contribution in [2.75, 3.05) is 26.2 Å². The number of carbonyl (C=O) groups excluding carboxylic acids is 2. The molecule has 2 aliphatic rings. The Kier molecular flexibility index (Phi) is 11.8. The van der Waals surface area contributed by atoms with Gasteiger partial charge in [-0.25, -0.2) is 0 Å². The zero-order valence-electron chi connectivity index (χ0n) is 22.5. The summed E-state index contributed by atoms with van der Waals surface area (Å²) in [6, 6.07) is 21.5. The molecular formula is C31H37Cl3N4O2. The van der Waals surface area contributed by atoms with E-state index in [0.717, 1.165) is 68.6 Å². The van der Waals surface area contributed by atoms with Gasteiger partial charge in [0.05, 0.1) is 17.9 Å². The molecule has 40 heavy (non-hydrogen) atoms. The third kappa shape index (κ3) is 7.97. The molecule has 1 atom stereocenters. The van der Waals surface area contributed by atoms with Crippen molar-refractivity contribution in [3.05, 3.63) is 101 Å². The SMILES string of the molecule is Cl.Cl.O=C(Cc1cccc(Cl)c1)NC(CCN1CCC2(CC1)CCN(Cc1cccnc1)C2=O)c1ccccc1. The molecule has 2 saturated heterocycles. The standard InChI is InChI=1S/C31H35ClN4O2.2ClH/c32-27-10-4-6-24(20-27)21-29(37)34-28(26-8-2-1-3-9-26)11-16-35-17-12-31(13-18-35)14-19-36(30(31)38)23-25-7-5-15-33-22-25;;/h1-10,15,20,22,28H,11-14,16-19,21,23H2,(H,34,37);2*1H. The first-order chi connectivity index (χ1) is 18.5. The van der Waals surface area contributed by atoms with E-state index < -0.39 is 0 Å². The fourth-order valence-corrected chi connectivity index (χ4v) is 6.03. The molecule has 2 amide bonds. The monoisotopic (exact) mass is 602 g/mol. The lowest BCUT2D eigenvalue weighted by atomic mass is 9.77. The van der Waals surface area contributed by atoms with Crippen LogP contribution in [0.2, 0.25) is 5.02 Å². The largest absolute Gasteiger partial charge is 0.349 e. The third-order valence-corrected chi connectivity index (χ3v) is 8.27. The second-order valence-electron chi connectivity index (χ2n) is 10.6. The Morgan fingerprint density at radius 2 is 1.68 bits per heavy atom. The minimum Gasteiger partial charge on any atom is -0.349 e. The van der Waals surface area contributed by atoms with E-state index in [4.69, 9.17) is 11.6 Å². The van der Waals surface area contributed by atoms with E-state index in [0.29, 0.717) is 23.9 Å². The van der Waals surface area contributed by atoms with Gasteiger partial charge in [-0.2, -0.15) is 0 Å². The molecule has 0 aliphatic carbocycles. The molecule has 9 heteroatoms. The number of hydrogen-bond acceptors (Lipinski definition) is 4. The molecule has 0 saturated carbocycles.